The average molecular weight is 461 g/mol. The van der Waals surface area contributed by atoms with E-state index >= 15 is 0 Å². The van der Waals surface area contributed by atoms with E-state index in [1.54, 1.807) is 19.9 Å². The number of nitrogens with one attached hydrogen (secondary N) is 1. The molecule has 0 fully saturated rings. The molecule has 0 unspecified atom stereocenters. The molecular formula is C20H24N6O3S2. The van der Waals surface area contributed by atoms with Crippen LogP contribution in [0.5, 0.6) is 0 Å². The first kappa shape index (κ1) is 22.8. The second-order valence-electron chi connectivity index (χ2n) is 6.58. The second kappa shape index (κ2) is 10.4. The summed E-state index contributed by atoms with van der Waals surface area (Å²) >= 11 is 2.39. The maximum atomic E-state index is 12.4. The molecule has 0 saturated heterocycles. The standard InChI is InChI=1S/C20H24N6O3S2/c1-5-9-26-15(11-14-8-7-10-25(14)4)23-24-20(26)30-12-16(27)22-19-21-13(3)17(31-19)18(28)29-6-2/h5,7-8,10H,1,6,9,11-12H2,2-4H3,(H,21,22,27). The van der Waals surface area contributed by atoms with Crippen LogP contribution in [-0.2, 0) is 29.5 Å². The minimum atomic E-state index is -0.435. The van der Waals surface area contributed by atoms with Crippen molar-refractivity contribution in [1.29, 1.82) is 0 Å². The number of aryl methyl sites for hydroxylation is 2. The molecule has 9 nitrogen and oxygen atoms in total. The van der Waals surface area contributed by atoms with E-state index in [9.17, 15) is 9.59 Å². The lowest BCUT2D eigenvalue weighted by molar-refractivity contribution is -0.113. The van der Waals surface area contributed by atoms with Crippen LogP contribution in [0.3, 0.4) is 0 Å². The molecule has 3 heterocycles. The zero-order chi connectivity index (χ0) is 22.4. The Hall–Kier alpha value is -2.92. The van der Waals surface area contributed by atoms with Gasteiger partial charge in [-0.1, -0.05) is 29.2 Å². The summed E-state index contributed by atoms with van der Waals surface area (Å²) in [7, 11) is 1.98. The van der Waals surface area contributed by atoms with Crippen LogP contribution in [0, 0.1) is 6.92 Å². The van der Waals surface area contributed by atoms with Crippen LogP contribution in [-0.4, -0.2) is 48.6 Å². The predicted molar refractivity (Wildman–Crippen MR) is 121 cm³/mol. The lowest BCUT2D eigenvalue weighted by Crippen LogP contribution is -2.14. The van der Waals surface area contributed by atoms with Gasteiger partial charge in [0.05, 0.1) is 18.1 Å². The van der Waals surface area contributed by atoms with Gasteiger partial charge >= 0.3 is 5.97 Å². The number of amides is 1. The van der Waals surface area contributed by atoms with Gasteiger partial charge in [-0.15, -0.1) is 16.8 Å². The number of ether oxygens (including phenoxy) is 1. The van der Waals surface area contributed by atoms with E-state index < -0.39 is 5.97 Å². The zero-order valence-corrected chi connectivity index (χ0v) is 19.3. The van der Waals surface area contributed by atoms with Crippen molar-refractivity contribution >= 4 is 40.1 Å². The Labute approximate surface area is 188 Å². The molecule has 3 aromatic heterocycles. The summed E-state index contributed by atoms with van der Waals surface area (Å²) in [6, 6.07) is 4.02. The van der Waals surface area contributed by atoms with Crippen molar-refractivity contribution in [2.75, 3.05) is 17.7 Å². The van der Waals surface area contributed by atoms with Crippen LogP contribution in [0.2, 0.25) is 0 Å². The summed E-state index contributed by atoms with van der Waals surface area (Å²) in [4.78, 5) is 29.0. The van der Waals surface area contributed by atoms with E-state index in [-0.39, 0.29) is 18.3 Å². The van der Waals surface area contributed by atoms with E-state index in [0.717, 1.165) is 22.9 Å². The van der Waals surface area contributed by atoms with E-state index in [1.165, 1.54) is 11.8 Å². The number of hydrogen-bond acceptors (Lipinski definition) is 8. The van der Waals surface area contributed by atoms with Crippen LogP contribution >= 0.6 is 23.1 Å². The van der Waals surface area contributed by atoms with Crippen molar-refractivity contribution in [2.24, 2.45) is 7.05 Å². The van der Waals surface area contributed by atoms with Crippen molar-refractivity contribution < 1.29 is 14.3 Å². The Balaban J connectivity index is 1.63. The highest BCUT2D eigenvalue weighted by atomic mass is 32.2. The lowest BCUT2D eigenvalue weighted by atomic mass is 10.3. The van der Waals surface area contributed by atoms with Gasteiger partial charge in [-0.2, -0.15) is 0 Å². The molecule has 0 spiro atoms. The molecule has 0 atom stereocenters. The van der Waals surface area contributed by atoms with E-state index in [2.05, 4.69) is 27.1 Å². The number of thioether (sulfide) groups is 1. The van der Waals surface area contributed by atoms with Gasteiger partial charge in [0.15, 0.2) is 10.3 Å². The van der Waals surface area contributed by atoms with E-state index in [0.29, 0.717) is 33.8 Å². The fourth-order valence-electron chi connectivity index (χ4n) is 2.83. The molecule has 31 heavy (non-hydrogen) atoms. The van der Waals surface area contributed by atoms with Crippen molar-refractivity contribution in [3.63, 3.8) is 0 Å². The van der Waals surface area contributed by atoms with Crippen LogP contribution in [0.4, 0.5) is 5.13 Å². The van der Waals surface area contributed by atoms with Crippen LogP contribution in [0.25, 0.3) is 0 Å². The Morgan fingerprint density at radius 3 is 2.87 bits per heavy atom. The number of anilines is 1. The molecule has 1 N–H and O–H groups in total. The summed E-state index contributed by atoms with van der Waals surface area (Å²) in [5.41, 5.74) is 1.64. The fourth-order valence-corrected chi connectivity index (χ4v) is 4.48. The highest BCUT2D eigenvalue weighted by Crippen LogP contribution is 2.24. The van der Waals surface area contributed by atoms with Crippen molar-refractivity contribution in [1.82, 2.24) is 24.3 Å². The molecule has 3 aromatic rings. The topological polar surface area (TPSA) is 104 Å². The Morgan fingerprint density at radius 2 is 2.19 bits per heavy atom. The molecule has 164 valence electrons. The first-order valence-electron chi connectivity index (χ1n) is 9.63. The normalized spacial score (nSPS) is 10.8. The Kier molecular flexibility index (Phi) is 7.64. The third kappa shape index (κ3) is 5.61. The van der Waals surface area contributed by atoms with Crippen LogP contribution in [0.1, 0.15) is 33.8 Å². The number of carbonyl (C=O) groups excluding carboxylic acids is 2. The van der Waals surface area contributed by atoms with Crippen molar-refractivity contribution in [3.05, 3.63) is 53.1 Å². The largest absolute Gasteiger partial charge is 0.462 e. The van der Waals surface area contributed by atoms with Gasteiger partial charge in [-0.3, -0.25) is 4.79 Å². The molecule has 0 saturated carbocycles. The van der Waals surface area contributed by atoms with Gasteiger partial charge < -0.3 is 19.2 Å². The summed E-state index contributed by atoms with van der Waals surface area (Å²) in [6.45, 7) is 8.09. The monoisotopic (exact) mass is 460 g/mol. The molecule has 0 bridgehead atoms. The maximum absolute atomic E-state index is 12.4. The number of thiazole rings is 1. The average Bonchev–Trinajstić information content (AvgIpc) is 3.41. The molecule has 0 radical (unpaired) electrons. The summed E-state index contributed by atoms with van der Waals surface area (Å²) in [5, 5.41) is 12.3. The lowest BCUT2D eigenvalue weighted by Gasteiger charge is -2.08. The van der Waals surface area contributed by atoms with E-state index in [4.69, 9.17) is 4.74 Å². The third-order valence-corrected chi connectivity index (χ3v) is 6.35. The number of esters is 1. The van der Waals surface area contributed by atoms with Crippen LogP contribution in [0.15, 0.2) is 36.1 Å². The summed E-state index contributed by atoms with van der Waals surface area (Å²) in [5.74, 6) is 0.258. The molecule has 0 aliphatic heterocycles. The number of nitrogens with zero attached hydrogens (tertiary/aromatic N) is 5. The summed E-state index contributed by atoms with van der Waals surface area (Å²) in [6.07, 6.45) is 4.39. The number of rotatable bonds is 10. The zero-order valence-electron chi connectivity index (χ0n) is 17.6. The van der Waals surface area contributed by atoms with E-state index in [1.807, 2.05) is 34.5 Å². The van der Waals surface area contributed by atoms with Crippen molar-refractivity contribution in [2.45, 2.75) is 32.0 Å². The van der Waals surface area contributed by atoms with Gasteiger partial charge in [0.1, 0.15) is 10.7 Å². The molecular weight excluding hydrogens is 436 g/mol. The van der Waals surface area contributed by atoms with Gasteiger partial charge in [-0.25, -0.2) is 9.78 Å². The highest BCUT2D eigenvalue weighted by molar-refractivity contribution is 7.99. The molecule has 11 heteroatoms. The molecule has 0 aromatic carbocycles. The Bertz CT molecular complexity index is 1080. The Morgan fingerprint density at radius 1 is 1.39 bits per heavy atom. The first-order chi connectivity index (χ1) is 14.9. The van der Waals surface area contributed by atoms with Gasteiger partial charge in [0, 0.05) is 31.9 Å². The molecule has 3 rings (SSSR count). The summed E-state index contributed by atoms with van der Waals surface area (Å²) < 4.78 is 8.99. The smallest absolute Gasteiger partial charge is 0.350 e. The van der Waals surface area contributed by atoms with Gasteiger partial charge in [0.2, 0.25) is 5.91 Å². The highest BCUT2D eigenvalue weighted by Gasteiger charge is 2.19. The number of aromatic nitrogens is 5. The minimum absolute atomic E-state index is 0.132. The minimum Gasteiger partial charge on any atom is -0.462 e. The van der Waals surface area contributed by atoms with Gasteiger partial charge in [-0.05, 0) is 26.0 Å². The van der Waals surface area contributed by atoms with Gasteiger partial charge in [0.25, 0.3) is 0 Å². The number of allylic oxidation sites excluding steroid dienone is 1. The first-order valence-corrected chi connectivity index (χ1v) is 11.4. The quantitative estimate of drug-likeness (QED) is 0.282. The fraction of sp³-hybridized carbons (Fsp3) is 0.350. The maximum Gasteiger partial charge on any atom is 0.350 e. The van der Waals surface area contributed by atoms with Crippen LogP contribution < -0.4 is 5.32 Å². The third-order valence-electron chi connectivity index (χ3n) is 4.33. The number of carbonyl (C=O) groups is 2. The molecule has 0 aliphatic carbocycles. The number of hydrogen-bond donors (Lipinski definition) is 1. The second-order valence-corrected chi connectivity index (χ2v) is 8.52. The molecule has 0 aliphatic rings. The SMILES string of the molecule is C=CCn1c(Cc2cccn2C)nnc1SCC(=O)Nc1nc(C)c(C(=O)OCC)s1. The predicted octanol–water partition coefficient (Wildman–Crippen LogP) is 3.07. The van der Waals surface area contributed by atoms with Crippen molar-refractivity contribution in [3.8, 4) is 0 Å². The molecule has 1 amide bonds.